The van der Waals surface area contributed by atoms with E-state index >= 15 is 0 Å². The van der Waals surface area contributed by atoms with E-state index < -0.39 is 5.97 Å². The van der Waals surface area contributed by atoms with Gasteiger partial charge >= 0.3 is 11.7 Å². The SMILES string of the molecule is Cc1ccc(Cl)c(OC(=O)CCn2c(=O)n(C)c3ccccc32)c1. The summed E-state index contributed by atoms with van der Waals surface area (Å²) in [6.07, 6.45) is 0.0815. The van der Waals surface area contributed by atoms with Gasteiger partial charge in [-0.2, -0.15) is 0 Å². The van der Waals surface area contributed by atoms with Crippen molar-refractivity contribution in [3.8, 4) is 5.75 Å². The number of ether oxygens (including phenoxy) is 1. The van der Waals surface area contributed by atoms with Gasteiger partial charge in [-0.05, 0) is 36.8 Å². The number of esters is 1. The predicted octanol–water partition coefficient (Wildman–Crippen LogP) is 3.30. The zero-order valence-electron chi connectivity index (χ0n) is 13.5. The highest BCUT2D eigenvalue weighted by Crippen LogP contribution is 2.25. The number of aryl methyl sites for hydroxylation is 3. The van der Waals surface area contributed by atoms with Crippen molar-refractivity contribution in [3.63, 3.8) is 0 Å². The van der Waals surface area contributed by atoms with Crippen LogP contribution in [0.15, 0.2) is 47.3 Å². The Balaban J connectivity index is 1.77. The minimum Gasteiger partial charge on any atom is -0.425 e. The maximum Gasteiger partial charge on any atom is 0.328 e. The molecule has 0 N–H and O–H groups in total. The fourth-order valence-corrected chi connectivity index (χ4v) is 2.80. The van der Waals surface area contributed by atoms with Crippen LogP contribution >= 0.6 is 11.6 Å². The predicted molar refractivity (Wildman–Crippen MR) is 93.6 cm³/mol. The second-order valence-corrected chi connectivity index (χ2v) is 6.05. The first-order valence-corrected chi connectivity index (χ1v) is 7.96. The molecular formula is C18H17ClN2O3. The molecule has 0 aliphatic rings. The Hall–Kier alpha value is -2.53. The lowest BCUT2D eigenvalue weighted by Crippen LogP contribution is -2.24. The Morgan fingerprint density at radius 3 is 2.62 bits per heavy atom. The minimum absolute atomic E-state index is 0.0815. The molecule has 6 heteroatoms. The van der Waals surface area contributed by atoms with Gasteiger partial charge in [-0.3, -0.25) is 13.9 Å². The smallest absolute Gasteiger partial charge is 0.328 e. The fraction of sp³-hybridized carbons (Fsp3) is 0.222. The topological polar surface area (TPSA) is 53.2 Å². The monoisotopic (exact) mass is 344 g/mol. The van der Waals surface area contributed by atoms with Crippen LogP contribution in [0.2, 0.25) is 5.02 Å². The Morgan fingerprint density at radius 1 is 1.17 bits per heavy atom. The molecule has 1 heterocycles. The van der Waals surface area contributed by atoms with Crippen LogP contribution in [0.4, 0.5) is 0 Å². The molecule has 24 heavy (non-hydrogen) atoms. The highest BCUT2D eigenvalue weighted by Gasteiger charge is 2.13. The first-order valence-electron chi connectivity index (χ1n) is 7.58. The van der Waals surface area contributed by atoms with Crippen LogP contribution in [0.3, 0.4) is 0 Å². The van der Waals surface area contributed by atoms with Crippen molar-refractivity contribution < 1.29 is 9.53 Å². The van der Waals surface area contributed by atoms with E-state index in [0.717, 1.165) is 16.6 Å². The van der Waals surface area contributed by atoms with Crippen molar-refractivity contribution in [2.24, 2.45) is 7.05 Å². The molecule has 0 aliphatic carbocycles. The average Bonchev–Trinajstić information content (AvgIpc) is 2.81. The van der Waals surface area contributed by atoms with Crippen molar-refractivity contribution >= 4 is 28.6 Å². The molecule has 5 nitrogen and oxygen atoms in total. The van der Waals surface area contributed by atoms with Crippen LogP contribution in [-0.4, -0.2) is 15.1 Å². The van der Waals surface area contributed by atoms with Gasteiger partial charge in [0.2, 0.25) is 0 Å². The third-order valence-electron chi connectivity index (χ3n) is 3.90. The van der Waals surface area contributed by atoms with Crippen molar-refractivity contribution in [1.82, 2.24) is 9.13 Å². The summed E-state index contributed by atoms with van der Waals surface area (Å²) in [5.41, 5.74) is 2.43. The number of nitrogens with zero attached hydrogens (tertiary/aromatic N) is 2. The molecule has 0 fully saturated rings. The summed E-state index contributed by atoms with van der Waals surface area (Å²) in [5.74, 6) is -0.0886. The van der Waals surface area contributed by atoms with E-state index in [-0.39, 0.29) is 18.7 Å². The third kappa shape index (κ3) is 3.08. The third-order valence-corrected chi connectivity index (χ3v) is 4.21. The molecule has 0 bridgehead atoms. The Labute approximate surface area is 144 Å². The van der Waals surface area contributed by atoms with Gasteiger partial charge < -0.3 is 4.74 Å². The maximum atomic E-state index is 12.3. The van der Waals surface area contributed by atoms with Crippen LogP contribution in [0.5, 0.6) is 5.75 Å². The highest BCUT2D eigenvalue weighted by molar-refractivity contribution is 6.32. The van der Waals surface area contributed by atoms with E-state index in [9.17, 15) is 9.59 Å². The summed E-state index contributed by atoms with van der Waals surface area (Å²) >= 11 is 6.03. The standard InChI is InChI=1S/C18H17ClN2O3/c1-12-7-8-13(19)16(11-12)24-17(22)9-10-21-15-6-4-3-5-14(15)20(2)18(21)23/h3-8,11H,9-10H2,1-2H3. The molecule has 0 atom stereocenters. The zero-order valence-corrected chi connectivity index (χ0v) is 14.2. The van der Waals surface area contributed by atoms with E-state index in [4.69, 9.17) is 16.3 Å². The van der Waals surface area contributed by atoms with Crippen molar-refractivity contribution in [2.75, 3.05) is 0 Å². The first kappa shape index (κ1) is 16.3. The molecule has 0 saturated heterocycles. The molecule has 3 aromatic rings. The maximum absolute atomic E-state index is 12.3. The summed E-state index contributed by atoms with van der Waals surface area (Å²) in [7, 11) is 1.71. The van der Waals surface area contributed by atoms with E-state index in [2.05, 4.69) is 0 Å². The lowest BCUT2D eigenvalue weighted by atomic mass is 10.2. The Kier molecular flexibility index (Phi) is 4.44. The van der Waals surface area contributed by atoms with E-state index in [0.29, 0.717) is 10.8 Å². The summed E-state index contributed by atoms with van der Waals surface area (Å²) in [4.78, 5) is 24.4. The van der Waals surface area contributed by atoms with Crippen LogP contribution in [0.25, 0.3) is 11.0 Å². The number of halogens is 1. The van der Waals surface area contributed by atoms with Gasteiger partial charge in [-0.25, -0.2) is 4.79 Å². The normalized spacial score (nSPS) is 11.0. The summed E-state index contributed by atoms with van der Waals surface area (Å²) in [5, 5.41) is 0.385. The molecule has 0 aliphatic heterocycles. The van der Waals surface area contributed by atoms with Crippen molar-refractivity contribution in [2.45, 2.75) is 19.9 Å². The molecule has 124 valence electrons. The molecule has 0 spiro atoms. The number of fused-ring (bicyclic) bond motifs is 1. The Bertz CT molecular complexity index is 972. The van der Waals surface area contributed by atoms with Crippen LogP contribution in [0.1, 0.15) is 12.0 Å². The summed E-state index contributed by atoms with van der Waals surface area (Å²) < 4.78 is 8.46. The second-order valence-electron chi connectivity index (χ2n) is 5.64. The van der Waals surface area contributed by atoms with Crippen molar-refractivity contribution in [1.29, 1.82) is 0 Å². The average molecular weight is 345 g/mol. The van der Waals surface area contributed by atoms with Crippen LogP contribution in [-0.2, 0) is 18.4 Å². The molecule has 0 saturated carbocycles. The molecule has 0 radical (unpaired) electrons. The van der Waals surface area contributed by atoms with Gasteiger partial charge in [0.15, 0.2) is 0 Å². The number of aromatic nitrogens is 2. The largest absolute Gasteiger partial charge is 0.425 e. The molecule has 2 aromatic carbocycles. The lowest BCUT2D eigenvalue weighted by Gasteiger charge is -2.07. The van der Waals surface area contributed by atoms with Crippen LogP contribution in [0, 0.1) is 6.92 Å². The first-order chi connectivity index (χ1) is 11.5. The van der Waals surface area contributed by atoms with Gasteiger partial charge in [-0.1, -0.05) is 29.8 Å². The molecule has 3 rings (SSSR count). The number of benzene rings is 2. The summed E-state index contributed by atoms with van der Waals surface area (Å²) in [6.45, 7) is 2.14. The van der Waals surface area contributed by atoms with Gasteiger partial charge in [-0.15, -0.1) is 0 Å². The van der Waals surface area contributed by atoms with Gasteiger partial charge in [0.25, 0.3) is 0 Å². The quantitative estimate of drug-likeness (QED) is 0.539. The number of hydrogen-bond donors (Lipinski definition) is 0. The zero-order chi connectivity index (χ0) is 17.3. The highest BCUT2D eigenvalue weighted by atomic mass is 35.5. The number of carbonyl (C=O) groups excluding carboxylic acids is 1. The number of carbonyl (C=O) groups is 1. The van der Waals surface area contributed by atoms with E-state index in [1.165, 1.54) is 0 Å². The molecule has 1 aromatic heterocycles. The minimum atomic E-state index is -0.428. The van der Waals surface area contributed by atoms with E-state index in [1.807, 2.05) is 37.3 Å². The molecular weight excluding hydrogens is 328 g/mol. The van der Waals surface area contributed by atoms with Gasteiger partial charge in [0.1, 0.15) is 5.75 Å². The lowest BCUT2D eigenvalue weighted by molar-refractivity contribution is -0.134. The number of imidazole rings is 1. The number of para-hydroxylation sites is 2. The number of hydrogen-bond acceptors (Lipinski definition) is 3. The fourth-order valence-electron chi connectivity index (χ4n) is 2.64. The second kappa shape index (κ2) is 6.53. The molecule has 0 unspecified atom stereocenters. The van der Waals surface area contributed by atoms with Crippen LogP contribution < -0.4 is 10.4 Å². The van der Waals surface area contributed by atoms with Gasteiger partial charge in [0.05, 0.1) is 22.5 Å². The van der Waals surface area contributed by atoms with E-state index in [1.54, 1.807) is 28.3 Å². The number of rotatable bonds is 4. The van der Waals surface area contributed by atoms with Crippen molar-refractivity contribution in [3.05, 3.63) is 63.5 Å². The Morgan fingerprint density at radius 2 is 1.88 bits per heavy atom. The molecule has 0 amide bonds. The summed E-state index contributed by atoms with van der Waals surface area (Å²) in [6, 6.07) is 12.7. The van der Waals surface area contributed by atoms with Gasteiger partial charge in [0, 0.05) is 13.6 Å².